The molecule has 13 heavy (non-hydrogen) atoms. The predicted molar refractivity (Wildman–Crippen MR) is 52.5 cm³/mol. The van der Waals surface area contributed by atoms with Gasteiger partial charge in [-0.2, -0.15) is 0 Å². The zero-order chi connectivity index (χ0) is 10.1. The van der Waals surface area contributed by atoms with Crippen molar-refractivity contribution in [1.82, 2.24) is 0 Å². The average molecular weight is 206 g/mol. The molecule has 0 saturated heterocycles. The Bertz CT molecular complexity index is 276. The van der Waals surface area contributed by atoms with Crippen molar-refractivity contribution in [3.05, 3.63) is 0 Å². The highest BCUT2D eigenvalue weighted by atomic mass is 32.2. The van der Waals surface area contributed by atoms with Gasteiger partial charge in [-0.3, -0.25) is 0 Å². The number of hydrogen-bond donors (Lipinski definition) is 2. The zero-order valence-corrected chi connectivity index (χ0v) is 8.81. The van der Waals surface area contributed by atoms with E-state index in [4.69, 9.17) is 10.9 Å². The monoisotopic (exact) mass is 206 g/mol. The summed E-state index contributed by atoms with van der Waals surface area (Å²) in [4.78, 5) is 0. The lowest BCUT2D eigenvalue weighted by molar-refractivity contribution is 0.338. The van der Waals surface area contributed by atoms with Crippen LogP contribution in [0.3, 0.4) is 0 Å². The third kappa shape index (κ3) is 2.93. The van der Waals surface area contributed by atoms with Gasteiger partial charge in [-0.25, -0.2) is 13.6 Å². The molecular formula is C8H18N2O2S. The standard InChI is InChI=1S/C8H18N2O2S/c1-7-2-3-8(4-7,5-9)6-13(10,11)12/h7H,2-6,9H2,1H3,(H2,10,11,12)/t7-,8-/m1/s1. The zero-order valence-electron chi connectivity index (χ0n) is 7.99. The molecule has 0 aromatic rings. The minimum atomic E-state index is -3.38. The smallest absolute Gasteiger partial charge is 0.209 e. The van der Waals surface area contributed by atoms with Crippen molar-refractivity contribution in [3.8, 4) is 0 Å². The first kappa shape index (κ1) is 10.9. The fraction of sp³-hybridized carbons (Fsp3) is 1.00. The lowest BCUT2D eigenvalue weighted by Crippen LogP contribution is -2.37. The van der Waals surface area contributed by atoms with E-state index in [0.717, 1.165) is 19.3 Å². The van der Waals surface area contributed by atoms with Gasteiger partial charge in [0.15, 0.2) is 0 Å². The summed E-state index contributed by atoms with van der Waals surface area (Å²) in [6.45, 7) is 2.55. The van der Waals surface area contributed by atoms with E-state index in [9.17, 15) is 8.42 Å². The molecule has 4 N–H and O–H groups in total. The summed E-state index contributed by atoms with van der Waals surface area (Å²) < 4.78 is 22.0. The Kier molecular flexibility index (Phi) is 2.99. The highest BCUT2D eigenvalue weighted by molar-refractivity contribution is 7.89. The minimum Gasteiger partial charge on any atom is -0.330 e. The molecule has 0 bridgehead atoms. The molecule has 1 saturated carbocycles. The van der Waals surface area contributed by atoms with Gasteiger partial charge < -0.3 is 5.73 Å². The number of hydrogen-bond acceptors (Lipinski definition) is 3. The van der Waals surface area contributed by atoms with Crippen molar-refractivity contribution in [2.75, 3.05) is 12.3 Å². The molecule has 0 amide bonds. The fourth-order valence-electron chi connectivity index (χ4n) is 2.30. The molecule has 5 heteroatoms. The molecule has 4 nitrogen and oxygen atoms in total. The summed E-state index contributed by atoms with van der Waals surface area (Å²) in [7, 11) is -3.38. The van der Waals surface area contributed by atoms with E-state index in [-0.39, 0.29) is 11.2 Å². The minimum absolute atomic E-state index is 0.0425. The Hall–Kier alpha value is -0.130. The molecule has 0 aromatic carbocycles. The van der Waals surface area contributed by atoms with Crippen LogP contribution in [0.25, 0.3) is 0 Å². The van der Waals surface area contributed by atoms with Crippen molar-refractivity contribution < 1.29 is 8.42 Å². The van der Waals surface area contributed by atoms with Crippen LogP contribution in [0.5, 0.6) is 0 Å². The summed E-state index contributed by atoms with van der Waals surface area (Å²) in [5.74, 6) is 0.617. The number of rotatable bonds is 3. The van der Waals surface area contributed by atoms with E-state index in [1.807, 2.05) is 0 Å². The highest BCUT2D eigenvalue weighted by Gasteiger charge is 2.39. The molecule has 0 heterocycles. The summed E-state index contributed by atoms with van der Waals surface area (Å²) >= 11 is 0. The van der Waals surface area contributed by atoms with Gasteiger partial charge in [0.25, 0.3) is 0 Å². The van der Waals surface area contributed by atoms with E-state index < -0.39 is 10.0 Å². The van der Waals surface area contributed by atoms with E-state index in [0.29, 0.717) is 12.5 Å². The first-order valence-electron chi connectivity index (χ1n) is 4.57. The molecular weight excluding hydrogens is 188 g/mol. The summed E-state index contributed by atoms with van der Waals surface area (Å²) in [6.07, 6.45) is 2.84. The Morgan fingerprint density at radius 2 is 2.15 bits per heavy atom. The fourth-order valence-corrected chi connectivity index (χ4v) is 3.53. The maximum Gasteiger partial charge on any atom is 0.209 e. The van der Waals surface area contributed by atoms with Crippen molar-refractivity contribution in [2.45, 2.75) is 26.2 Å². The maximum atomic E-state index is 11.0. The van der Waals surface area contributed by atoms with Crippen LogP contribution in [0.4, 0.5) is 0 Å². The van der Waals surface area contributed by atoms with Gasteiger partial charge >= 0.3 is 0 Å². The summed E-state index contributed by atoms with van der Waals surface area (Å²) in [5.41, 5.74) is 5.38. The van der Waals surface area contributed by atoms with Gasteiger partial charge in [0.1, 0.15) is 0 Å². The van der Waals surface area contributed by atoms with Gasteiger partial charge in [0.2, 0.25) is 10.0 Å². The Balaban J connectivity index is 2.72. The molecule has 0 spiro atoms. The molecule has 0 aromatic heterocycles. The molecule has 78 valence electrons. The first-order valence-corrected chi connectivity index (χ1v) is 6.29. The largest absolute Gasteiger partial charge is 0.330 e. The van der Waals surface area contributed by atoms with Crippen LogP contribution >= 0.6 is 0 Å². The van der Waals surface area contributed by atoms with E-state index in [2.05, 4.69) is 6.92 Å². The third-order valence-corrected chi connectivity index (χ3v) is 3.90. The Morgan fingerprint density at radius 1 is 1.54 bits per heavy atom. The van der Waals surface area contributed by atoms with Crippen LogP contribution in [0.1, 0.15) is 26.2 Å². The summed E-state index contributed by atoms with van der Waals surface area (Å²) in [5, 5.41) is 5.04. The average Bonchev–Trinajstić information content (AvgIpc) is 2.29. The molecule has 1 aliphatic rings. The second-order valence-corrected chi connectivity index (χ2v) is 5.97. The quantitative estimate of drug-likeness (QED) is 0.683. The normalized spacial score (nSPS) is 35.2. The molecule has 1 aliphatic carbocycles. The van der Waals surface area contributed by atoms with Crippen molar-refractivity contribution in [3.63, 3.8) is 0 Å². The Labute approximate surface area is 79.7 Å². The molecule has 0 unspecified atom stereocenters. The maximum absolute atomic E-state index is 11.0. The van der Waals surface area contributed by atoms with Crippen molar-refractivity contribution in [2.24, 2.45) is 22.2 Å². The van der Waals surface area contributed by atoms with Gasteiger partial charge in [0, 0.05) is 0 Å². The van der Waals surface area contributed by atoms with E-state index in [1.165, 1.54) is 0 Å². The van der Waals surface area contributed by atoms with Gasteiger partial charge in [-0.15, -0.1) is 0 Å². The third-order valence-electron chi connectivity index (χ3n) is 2.89. The second-order valence-electron chi connectivity index (χ2n) is 4.36. The van der Waals surface area contributed by atoms with Crippen LogP contribution in [0.15, 0.2) is 0 Å². The van der Waals surface area contributed by atoms with Crippen LogP contribution in [0, 0.1) is 11.3 Å². The van der Waals surface area contributed by atoms with Crippen molar-refractivity contribution >= 4 is 10.0 Å². The van der Waals surface area contributed by atoms with Crippen LogP contribution in [-0.2, 0) is 10.0 Å². The van der Waals surface area contributed by atoms with Crippen LogP contribution in [-0.4, -0.2) is 20.7 Å². The first-order chi connectivity index (χ1) is 5.87. The van der Waals surface area contributed by atoms with E-state index in [1.54, 1.807) is 0 Å². The molecule has 0 aliphatic heterocycles. The molecule has 1 fully saturated rings. The molecule has 2 atom stereocenters. The number of primary sulfonamides is 1. The van der Waals surface area contributed by atoms with Gasteiger partial charge in [-0.1, -0.05) is 13.3 Å². The van der Waals surface area contributed by atoms with Gasteiger partial charge in [0.05, 0.1) is 5.75 Å². The van der Waals surface area contributed by atoms with Gasteiger partial charge in [-0.05, 0) is 30.7 Å². The Morgan fingerprint density at radius 3 is 2.46 bits per heavy atom. The number of sulfonamides is 1. The van der Waals surface area contributed by atoms with E-state index >= 15 is 0 Å². The van der Waals surface area contributed by atoms with Crippen molar-refractivity contribution in [1.29, 1.82) is 0 Å². The lowest BCUT2D eigenvalue weighted by atomic mass is 9.88. The summed E-state index contributed by atoms with van der Waals surface area (Å²) in [6, 6.07) is 0. The van der Waals surface area contributed by atoms with Crippen LogP contribution < -0.4 is 10.9 Å². The predicted octanol–water partition coefficient (Wildman–Crippen LogP) is 0.0400. The highest BCUT2D eigenvalue weighted by Crippen LogP contribution is 2.41. The topological polar surface area (TPSA) is 86.2 Å². The molecule has 0 radical (unpaired) electrons. The SMILES string of the molecule is C[C@@H]1CC[C@@](CN)(CS(N)(=O)=O)C1. The number of nitrogens with two attached hydrogens (primary N) is 2. The lowest BCUT2D eigenvalue weighted by Gasteiger charge is -2.25. The molecule has 1 rings (SSSR count). The second kappa shape index (κ2) is 3.55. The van der Waals surface area contributed by atoms with Crippen LogP contribution in [0.2, 0.25) is 0 Å².